The highest BCUT2D eigenvalue weighted by Gasteiger charge is 2.46. The standard InChI is InChI=1S/C29H38O8.C28H37NO8/c1-5-19-7-8-20(14-21(19)12-18-6-9-22-23(13-18)35-11-10-34-22)28-27(32)26(31)25(30)24(37-28)15-36-29(33)17(4)16(2)3;1-4-17-6-7-18(13-19(17)11-16-5-8-20-21(12-16)35-10-9-34-20)27-26(32)25(31)24(30)22(37-27)14-36-28(33)23(29)15(2)3/h6-9,13-14,16-17,24-28,30-32H,5,10-12,15H2,1-4H3;5-8,12-13,15,22-27,30-32H,4,9-11,14,29H2,1-3H3/t17-,24-,25-,26+,27-,28+;22-,23-,24-,25+,26-,27+/m11/s1. The number of aryl methyl sites for hydroxylation is 2. The van der Waals surface area contributed by atoms with Gasteiger partial charge in [-0.05, 0) is 106 Å². The van der Waals surface area contributed by atoms with Crippen molar-refractivity contribution in [1.82, 2.24) is 0 Å². The highest BCUT2D eigenvalue weighted by molar-refractivity contribution is 5.75. The van der Waals surface area contributed by atoms with Gasteiger partial charge in [0.1, 0.15) is 107 Å². The molecule has 74 heavy (non-hydrogen) atoms. The molecule has 8 rings (SSSR count). The Morgan fingerprint density at radius 1 is 0.514 bits per heavy atom. The van der Waals surface area contributed by atoms with E-state index in [0.717, 1.165) is 69.2 Å². The topological polar surface area (TPSA) is 255 Å². The number of benzene rings is 4. The maximum absolute atomic E-state index is 12.3. The van der Waals surface area contributed by atoms with E-state index in [4.69, 9.17) is 43.6 Å². The van der Waals surface area contributed by atoms with E-state index in [0.29, 0.717) is 50.4 Å². The lowest BCUT2D eigenvalue weighted by molar-refractivity contribution is -0.235. The number of carbonyl (C=O) groups excluding carboxylic acids is 2. The second kappa shape index (κ2) is 25.5. The Balaban J connectivity index is 0.000000216. The van der Waals surface area contributed by atoms with E-state index in [1.54, 1.807) is 20.8 Å². The minimum atomic E-state index is -1.48. The number of hydrogen-bond acceptors (Lipinski definition) is 17. The van der Waals surface area contributed by atoms with Crippen LogP contribution in [0.4, 0.5) is 0 Å². The van der Waals surface area contributed by atoms with Gasteiger partial charge in [0.2, 0.25) is 0 Å². The van der Waals surface area contributed by atoms with Crippen molar-refractivity contribution >= 4 is 11.9 Å². The molecule has 2 saturated heterocycles. The SMILES string of the molecule is CCc1ccc([C@@H]2O[C@H](COC(=O)[C@H](C)C(C)C)[C@@H](O)[C@H](O)[C@H]2O)cc1Cc1ccc2c(c1)OCCO2.CCc1ccc([C@@H]2O[C@H](COC(=O)[C@H](N)C(C)C)[C@@H](O)[C@H](O)[C@H]2O)cc1Cc1ccc2c(c1)OCCO2. The summed E-state index contributed by atoms with van der Waals surface area (Å²) in [6.45, 7) is 15.0. The number of fused-ring (bicyclic) bond motifs is 2. The number of hydrogen-bond donors (Lipinski definition) is 7. The number of aliphatic hydroxyl groups is 6. The number of nitrogens with two attached hydrogens (primary N) is 1. The van der Waals surface area contributed by atoms with Gasteiger partial charge in [0.15, 0.2) is 23.0 Å². The maximum Gasteiger partial charge on any atom is 0.323 e. The summed E-state index contributed by atoms with van der Waals surface area (Å²) in [7, 11) is 0. The van der Waals surface area contributed by atoms with Gasteiger partial charge in [-0.15, -0.1) is 0 Å². The molecule has 0 saturated carbocycles. The second-order valence-corrected chi connectivity index (χ2v) is 20.3. The number of aliphatic hydroxyl groups excluding tert-OH is 6. The summed E-state index contributed by atoms with van der Waals surface area (Å²) >= 11 is 0. The molecular formula is C57H75NO16. The Bertz CT molecular complexity index is 2350. The highest BCUT2D eigenvalue weighted by Crippen LogP contribution is 2.38. The quantitative estimate of drug-likeness (QED) is 0.0756. The van der Waals surface area contributed by atoms with Crippen molar-refractivity contribution in [2.24, 2.45) is 23.5 Å². The van der Waals surface area contributed by atoms with Gasteiger partial charge in [0, 0.05) is 0 Å². The average Bonchev–Trinajstić information content (AvgIpc) is 3.40. The first-order valence-electron chi connectivity index (χ1n) is 25.9. The van der Waals surface area contributed by atoms with Crippen LogP contribution in [0.25, 0.3) is 0 Å². The summed E-state index contributed by atoms with van der Waals surface area (Å²) in [5.41, 5.74) is 13.7. The normalized spacial score (nSPS) is 26.1. The van der Waals surface area contributed by atoms with Crippen LogP contribution in [0, 0.1) is 17.8 Å². The van der Waals surface area contributed by atoms with Crippen LogP contribution >= 0.6 is 0 Å². The zero-order valence-corrected chi connectivity index (χ0v) is 43.4. The molecule has 0 amide bonds. The molecule has 4 heterocycles. The lowest BCUT2D eigenvalue weighted by atomic mass is 9.88. The van der Waals surface area contributed by atoms with Gasteiger partial charge in [-0.25, -0.2) is 0 Å². The van der Waals surface area contributed by atoms with Crippen molar-refractivity contribution in [2.75, 3.05) is 39.6 Å². The molecule has 4 aromatic carbocycles. The van der Waals surface area contributed by atoms with Gasteiger partial charge in [0.05, 0.1) is 5.92 Å². The monoisotopic (exact) mass is 1030 g/mol. The predicted octanol–water partition coefficient (Wildman–Crippen LogP) is 4.63. The molecule has 17 nitrogen and oxygen atoms in total. The van der Waals surface area contributed by atoms with E-state index < -0.39 is 79.0 Å². The van der Waals surface area contributed by atoms with Gasteiger partial charge in [0.25, 0.3) is 0 Å². The van der Waals surface area contributed by atoms with Crippen LogP contribution < -0.4 is 24.7 Å². The molecule has 0 unspecified atom stereocenters. The van der Waals surface area contributed by atoms with Crippen LogP contribution in [0.15, 0.2) is 72.8 Å². The average molecular weight is 1030 g/mol. The van der Waals surface area contributed by atoms with Gasteiger partial charge in [-0.1, -0.05) is 97.0 Å². The fourth-order valence-corrected chi connectivity index (χ4v) is 9.33. The zero-order valence-electron chi connectivity index (χ0n) is 43.4. The molecule has 12 atom stereocenters. The molecule has 17 heteroatoms. The Labute approximate surface area is 433 Å². The maximum atomic E-state index is 12.3. The van der Waals surface area contributed by atoms with Crippen LogP contribution in [0.1, 0.15) is 105 Å². The van der Waals surface area contributed by atoms with E-state index in [2.05, 4.69) is 13.8 Å². The van der Waals surface area contributed by atoms with Gasteiger partial charge >= 0.3 is 11.9 Å². The summed E-state index contributed by atoms with van der Waals surface area (Å²) in [6.07, 6.45) is -9.39. The lowest BCUT2D eigenvalue weighted by Gasteiger charge is -2.40. The second-order valence-electron chi connectivity index (χ2n) is 20.3. The van der Waals surface area contributed by atoms with E-state index >= 15 is 0 Å². The number of esters is 2. The fourth-order valence-electron chi connectivity index (χ4n) is 9.33. The van der Waals surface area contributed by atoms with Crippen molar-refractivity contribution in [3.05, 3.63) is 117 Å². The van der Waals surface area contributed by atoms with E-state index in [1.807, 2.05) is 86.6 Å². The first-order chi connectivity index (χ1) is 35.4. The first-order valence-corrected chi connectivity index (χ1v) is 25.9. The summed E-state index contributed by atoms with van der Waals surface area (Å²) in [6, 6.07) is 22.6. The molecular weight excluding hydrogens is 955 g/mol. The molecule has 0 radical (unpaired) electrons. The molecule has 4 aliphatic heterocycles. The summed E-state index contributed by atoms with van der Waals surface area (Å²) < 4.78 is 45.4. The predicted molar refractivity (Wildman–Crippen MR) is 272 cm³/mol. The molecule has 0 aromatic heterocycles. The van der Waals surface area contributed by atoms with Crippen molar-refractivity contribution < 1.29 is 78.1 Å². The number of carbonyl (C=O) groups is 2. The molecule has 0 bridgehead atoms. The van der Waals surface area contributed by atoms with Gasteiger partial charge in [-0.3, -0.25) is 9.59 Å². The first kappa shape index (κ1) is 56.4. The zero-order chi connectivity index (χ0) is 53.4. The van der Waals surface area contributed by atoms with Crippen molar-refractivity contribution in [2.45, 2.75) is 141 Å². The largest absolute Gasteiger partial charge is 0.486 e. The Kier molecular flexibility index (Phi) is 19.4. The molecule has 2 fully saturated rings. The number of rotatable bonds is 16. The van der Waals surface area contributed by atoms with Crippen LogP contribution in [-0.2, 0) is 54.2 Å². The summed E-state index contributed by atoms with van der Waals surface area (Å²) in [5.74, 6) is 1.59. The molecule has 4 aromatic rings. The molecule has 404 valence electrons. The van der Waals surface area contributed by atoms with Crippen molar-refractivity contribution in [3.63, 3.8) is 0 Å². The van der Waals surface area contributed by atoms with Crippen LogP contribution in [0.3, 0.4) is 0 Å². The van der Waals surface area contributed by atoms with Crippen LogP contribution in [0.2, 0.25) is 0 Å². The Morgan fingerprint density at radius 3 is 1.31 bits per heavy atom. The summed E-state index contributed by atoms with van der Waals surface area (Å²) in [5, 5.41) is 63.7. The fraction of sp³-hybridized carbons (Fsp3) is 0.544. The Hall–Kier alpha value is -5.34. The van der Waals surface area contributed by atoms with E-state index in [1.165, 1.54) is 0 Å². The third kappa shape index (κ3) is 13.4. The molecule has 8 N–H and O–H groups in total. The van der Waals surface area contributed by atoms with Crippen molar-refractivity contribution in [3.8, 4) is 23.0 Å². The van der Waals surface area contributed by atoms with Gasteiger partial charge < -0.3 is 74.3 Å². The van der Waals surface area contributed by atoms with Crippen molar-refractivity contribution in [1.29, 1.82) is 0 Å². The number of ether oxygens (including phenoxy) is 8. The minimum absolute atomic E-state index is 0.106. The van der Waals surface area contributed by atoms with Gasteiger partial charge in [-0.2, -0.15) is 0 Å². The minimum Gasteiger partial charge on any atom is -0.486 e. The van der Waals surface area contributed by atoms with Crippen LogP contribution in [0.5, 0.6) is 23.0 Å². The third-order valence-corrected chi connectivity index (χ3v) is 14.4. The Morgan fingerprint density at radius 2 is 0.919 bits per heavy atom. The van der Waals surface area contributed by atoms with E-state index in [-0.39, 0.29) is 31.0 Å². The summed E-state index contributed by atoms with van der Waals surface area (Å²) in [4.78, 5) is 24.5. The molecule has 0 aliphatic carbocycles. The lowest BCUT2D eigenvalue weighted by Crippen LogP contribution is -2.56. The van der Waals surface area contributed by atoms with Crippen LogP contribution in [-0.4, -0.2) is 137 Å². The highest BCUT2D eigenvalue weighted by atomic mass is 16.6. The van der Waals surface area contributed by atoms with E-state index in [9.17, 15) is 40.2 Å². The third-order valence-electron chi connectivity index (χ3n) is 14.4. The smallest absolute Gasteiger partial charge is 0.323 e. The molecule has 4 aliphatic rings. The molecule has 0 spiro atoms.